The highest BCUT2D eigenvalue weighted by Crippen LogP contribution is 2.62. The molecule has 0 unspecified atom stereocenters. The molecule has 4 fully saturated rings. The lowest BCUT2D eigenvalue weighted by Gasteiger charge is -2.57. The minimum absolute atomic E-state index is 0.0476. The van der Waals surface area contributed by atoms with E-state index in [9.17, 15) is 9.59 Å². The smallest absolute Gasteiger partial charge is 0.330 e. The van der Waals surface area contributed by atoms with Gasteiger partial charge in [-0.05, 0) is 116 Å². The van der Waals surface area contributed by atoms with Gasteiger partial charge in [-0.2, -0.15) is 0 Å². The van der Waals surface area contributed by atoms with E-state index in [2.05, 4.69) is 53.8 Å². The summed E-state index contributed by atoms with van der Waals surface area (Å²) in [6, 6.07) is 23.2. The van der Waals surface area contributed by atoms with E-state index in [-0.39, 0.29) is 17.3 Å². The standard InChI is InChI=1S/C39H45NO5/c1-3-43-38(42)15-11-28-10-13-34(37(21-28)44-17-7-16-40-27(2)41)33-12-14-36(45-26-29-8-5-4-6-9-29)35(22-33)39-23-30-18-31(24-39)20-32(19-30)25-39/h4-6,8-15,21-22,30-32H,3,7,16-20,23-26H2,1-2H3,(H,40,41). The number of rotatable bonds is 13. The van der Waals surface area contributed by atoms with Gasteiger partial charge in [-0.3, -0.25) is 4.79 Å². The van der Waals surface area contributed by atoms with Crippen LogP contribution in [0, 0.1) is 17.8 Å². The minimum Gasteiger partial charge on any atom is -0.493 e. The Morgan fingerprint density at radius 2 is 1.62 bits per heavy atom. The summed E-state index contributed by atoms with van der Waals surface area (Å²) in [5, 5.41) is 2.84. The van der Waals surface area contributed by atoms with Crippen molar-refractivity contribution in [3.8, 4) is 22.6 Å². The van der Waals surface area contributed by atoms with Crippen LogP contribution in [-0.4, -0.2) is 31.6 Å². The van der Waals surface area contributed by atoms with Crippen LogP contribution >= 0.6 is 0 Å². The number of hydrogen-bond donors (Lipinski definition) is 1. The van der Waals surface area contributed by atoms with Crippen molar-refractivity contribution >= 4 is 18.0 Å². The number of amides is 1. The highest BCUT2D eigenvalue weighted by molar-refractivity contribution is 5.87. The molecular formula is C39H45NO5. The number of hydrogen-bond acceptors (Lipinski definition) is 5. The van der Waals surface area contributed by atoms with E-state index in [0.29, 0.717) is 32.8 Å². The predicted molar refractivity (Wildman–Crippen MR) is 177 cm³/mol. The van der Waals surface area contributed by atoms with Crippen LogP contribution in [0.1, 0.15) is 75.5 Å². The molecule has 3 aromatic carbocycles. The maximum atomic E-state index is 12.0. The third kappa shape index (κ3) is 7.43. The molecule has 236 valence electrons. The molecule has 4 saturated carbocycles. The van der Waals surface area contributed by atoms with Crippen LogP contribution < -0.4 is 14.8 Å². The van der Waals surface area contributed by atoms with Gasteiger partial charge in [-0.1, -0.05) is 48.5 Å². The molecule has 7 rings (SSSR count). The monoisotopic (exact) mass is 607 g/mol. The summed E-state index contributed by atoms with van der Waals surface area (Å²) in [6.45, 7) is 5.21. The molecule has 6 nitrogen and oxygen atoms in total. The maximum absolute atomic E-state index is 12.0. The number of esters is 1. The van der Waals surface area contributed by atoms with Gasteiger partial charge in [0.15, 0.2) is 0 Å². The van der Waals surface area contributed by atoms with Crippen molar-refractivity contribution in [3.05, 3.63) is 89.5 Å². The molecule has 0 saturated heterocycles. The average Bonchev–Trinajstić information content (AvgIpc) is 3.02. The Bertz CT molecular complexity index is 1490. The predicted octanol–water partition coefficient (Wildman–Crippen LogP) is 7.88. The van der Waals surface area contributed by atoms with Crippen LogP contribution in [0.4, 0.5) is 0 Å². The first kappa shape index (κ1) is 30.9. The van der Waals surface area contributed by atoms with Crippen molar-refractivity contribution < 1.29 is 23.8 Å². The summed E-state index contributed by atoms with van der Waals surface area (Å²) in [6.07, 6.45) is 11.8. The fourth-order valence-electron chi connectivity index (χ4n) is 8.29. The first-order valence-electron chi connectivity index (χ1n) is 16.6. The maximum Gasteiger partial charge on any atom is 0.330 e. The first-order chi connectivity index (χ1) is 21.9. The zero-order chi connectivity index (χ0) is 31.2. The SMILES string of the molecule is CCOC(=O)C=Cc1ccc(-c2ccc(OCc3ccccc3)c(C34CC5CC(CC(C5)C3)C4)c2)c(OCCCNC(C)=O)c1. The lowest BCUT2D eigenvalue weighted by Crippen LogP contribution is -2.48. The second-order valence-corrected chi connectivity index (χ2v) is 13.2. The molecule has 0 radical (unpaired) electrons. The van der Waals surface area contributed by atoms with Crippen LogP contribution in [0.3, 0.4) is 0 Å². The van der Waals surface area contributed by atoms with E-state index in [0.717, 1.165) is 45.9 Å². The molecule has 0 heterocycles. The van der Waals surface area contributed by atoms with Crippen molar-refractivity contribution in [2.75, 3.05) is 19.8 Å². The quantitative estimate of drug-likeness (QED) is 0.122. The van der Waals surface area contributed by atoms with E-state index >= 15 is 0 Å². The topological polar surface area (TPSA) is 73.9 Å². The molecule has 0 aliphatic heterocycles. The summed E-state index contributed by atoms with van der Waals surface area (Å²) in [5.74, 6) is 3.77. The van der Waals surface area contributed by atoms with Gasteiger partial charge in [0.25, 0.3) is 0 Å². The van der Waals surface area contributed by atoms with Gasteiger partial charge < -0.3 is 19.5 Å². The van der Waals surface area contributed by atoms with Gasteiger partial charge in [0, 0.05) is 30.7 Å². The number of nitrogens with one attached hydrogen (secondary N) is 1. The van der Waals surface area contributed by atoms with Crippen molar-refractivity contribution in [1.82, 2.24) is 5.32 Å². The van der Waals surface area contributed by atoms with E-state index in [1.165, 1.54) is 62.7 Å². The molecule has 0 spiro atoms. The fraction of sp³-hybridized carbons (Fsp3) is 0.436. The zero-order valence-electron chi connectivity index (χ0n) is 26.6. The van der Waals surface area contributed by atoms with Gasteiger partial charge >= 0.3 is 5.97 Å². The van der Waals surface area contributed by atoms with Gasteiger partial charge in [0.05, 0.1) is 13.2 Å². The van der Waals surface area contributed by atoms with Gasteiger partial charge in [-0.25, -0.2) is 4.79 Å². The third-order valence-electron chi connectivity index (χ3n) is 9.79. The third-order valence-corrected chi connectivity index (χ3v) is 9.79. The Morgan fingerprint density at radius 3 is 2.31 bits per heavy atom. The summed E-state index contributed by atoms with van der Waals surface area (Å²) in [5.41, 5.74) is 5.62. The Labute approximate surface area is 267 Å². The second-order valence-electron chi connectivity index (χ2n) is 13.2. The lowest BCUT2D eigenvalue weighted by molar-refractivity contribution is -0.137. The Balaban J connectivity index is 1.34. The largest absolute Gasteiger partial charge is 0.493 e. The van der Waals surface area contributed by atoms with Crippen molar-refractivity contribution in [2.24, 2.45) is 17.8 Å². The second kappa shape index (κ2) is 13.9. The van der Waals surface area contributed by atoms with Crippen LogP contribution in [-0.2, 0) is 26.3 Å². The number of carbonyl (C=O) groups is 2. The average molecular weight is 608 g/mol. The molecular weight excluding hydrogens is 562 g/mol. The van der Waals surface area contributed by atoms with Crippen LogP contribution in [0.25, 0.3) is 17.2 Å². The molecule has 4 aliphatic rings. The molecule has 6 heteroatoms. The molecule has 0 aromatic heterocycles. The summed E-state index contributed by atoms with van der Waals surface area (Å²) in [4.78, 5) is 23.3. The van der Waals surface area contributed by atoms with Gasteiger partial charge in [0.2, 0.25) is 5.91 Å². The van der Waals surface area contributed by atoms with E-state index in [4.69, 9.17) is 14.2 Å². The Kier molecular flexibility index (Phi) is 9.58. The minimum atomic E-state index is -0.370. The molecule has 1 amide bonds. The first-order valence-corrected chi connectivity index (χ1v) is 16.6. The van der Waals surface area contributed by atoms with Crippen molar-refractivity contribution in [1.29, 1.82) is 0 Å². The number of ether oxygens (including phenoxy) is 3. The Hall–Kier alpha value is -4.06. The Morgan fingerprint density at radius 1 is 0.889 bits per heavy atom. The van der Waals surface area contributed by atoms with Gasteiger partial charge in [-0.15, -0.1) is 0 Å². The fourth-order valence-corrected chi connectivity index (χ4v) is 8.29. The van der Waals surface area contributed by atoms with Crippen LogP contribution in [0.2, 0.25) is 0 Å². The van der Waals surface area contributed by atoms with E-state index in [1.54, 1.807) is 13.0 Å². The van der Waals surface area contributed by atoms with Crippen LogP contribution in [0.5, 0.6) is 11.5 Å². The zero-order valence-corrected chi connectivity index (χ0v) is 26.6. The highest BCUT2D eigenvalue weighted by Gasteiger charge is 2.52. The molecule has 0 atom stereocenters. The normalized spacial score (nSPS) is 23.2. The van der Waals surface area contributed by atoms with Gasteiger partial charge in [0.1, 0.15) is 18.1 Å². The summed E-state index contributed by atoms with van der Waals surface area (Å²) in [7, 11) is 0. The highest BCUT2D eigenvalue weighted by atomic mass is 16.5. The number of carbonyl (C=O) groups excluding carboxylic acids is 2. The van der Waals surface area contributed by atoms with Crippen molar-refractivity contribution in [2.45, 2.75) is 70.8 Å². The molecule has 1 N–H and O–H groups in total. The lowest BCUT2D eigenvalue weighted by atomic mass is 9.48. The van der Waals surface area contributed by atoms with E-state index < -0.39 is 0 Å². The molecule has 4 bridgehead atoms. The summed E-state index contributed by atoms with van der Waals surface area (Å²) >= 11 is 0. The molecule has 4 aliphatic carbocycles. The molecule has 3 aromatic rings. The van der Waals surface area contributed by atoms with Crippen LogP contribution in [0.15, 0.2) is 72.8 Å². The van der Waals surface area contributed by atoms with Crippen molar-refractivity contribution in [3.63, 3.8) is 0 Å². The summed E-state index contributed by atoms with van der Waals surface area (Å²) < 4.78 is 18.0. The number of benzene rings is 3. The van der Waals surface area contributed by atoms with E-state index in [1.807, 2.05) is 18.2 Å². The molecule has 45 heavy (non-hydrogen) atoms.